The van der Waals surface area contributed by atoms with E-state index in [2.05, 4.69) is 5.32 Å². The first-order valence-electron chi connectivity index (χ1n) is 7.42. The van der Waals surface area contributed by atoms with Crippen molar-refractivity contribution in [3.8, 4) is 0 Å². The predicted octanol–water partition coefficient (Wildman–Crippen LogP) is 2.33. The van der Waals surface area contributed by atoms with Crippen molar-refractivity contribution in [2.24, 2.45) is 0 Å². The van der Waals surface area contributed by atoms with Crippen molar-refractivity contribution >= 4 is 17.7 Å². The van der Waals surface area contributed by atoms with Crippen molar-refractivity contribution in [2.45, 2.75) is 46.6 Å². The second-order valence-electron chi connectivity index (χ2n) is 5.25. The van der Waals surface area contributed by atoms with Gasteiger partial charge in [0.2, 0.25) is 0 Å². The van der Waals surface area contributed by atoms with Gasteiger partial charge in [-0.05, 0) is 44.9 Å². The summed E-state index contributed by atoms with van der Waals surface area (Å²) in [5.41, 5.74) is 2.75. The summed E-state index contributed by atoms with van der Waals surface area (Å²) in [4.78, 5) is 35.2. The van der Waals surface area contributed by atoms with E-state index in [1.54, 1.807) is 13.0 Å². The number of esters is 1. The Morgan fingerprint density at radius 2 is 1.82 bits per heavy atom. The van der Waals surface area contributed by atoms with E-state index in [0.717, 1.165) is 11.1 Å². The van der Waals surface area contributed by atoms with Crippen LogP contribution in [-0.4, -0.2) is 30.3 Å². The highest BCUT2D eigenvalue weighted by molar-refractivity contribution is 5.97. The number of benzene rings is 1. The molecule has 0 saturated carbocycles. The number of hydrogen-bond acceptors (Lipinski definition) is 4. The minimum Gasteiger partial charge on any atom is -0.453 e. The maximum Gasteiger partial charge on any atom is 0.307 e. The summed E-state index contributed by atoms with van der Waals surface area (Å²) in [7, 11) is 0. The van der Waals surface area contributed by atoms with Crippen LogP contribution in [0.4, 0.5) is 0 Å². The van der Waals surface area contributed by atoms with Gasteiger partial charge >= 0.3 is 5.97 Å². The topological polar surface area (TPSA) is 72.5 Å². The fourth-order valence-corrected chi connectivity index (χ4v) is 1.90. The zero-order valence-corrected chi connectivity index (χ0v) is 13.6. The molecule has 0 aromatic heterocycles. The van der Waals surface area contributed by atoms with Gasteiger partial charge < -0.3 is 10.1 Å². The van der Waals surface area contributed by atoms with E-state index in [0.29, 0.717) is 12.1 Å². The van der Waals surface area contributed by atoms with Crippen LogP contribution in [0.3, 0.4) is 0 Å². The molecule has 0 unspecified atom stereocenters. The van der Waals surface area contributed by atoms with Crippen LogP contribution in [0, 0.1) is 13.8 Å². The number of carbonyl (C=O) groups is 3. The normalized spacial score (nSPS) is 11.6. The maximum absolute atomic E-state index is 12.0. The SMILES string of the molecule is CCNC(=O)[C@@H](C)OC(=O)CCC(=O)c1ccc(C)c(C)c1. The van der Waals surface area contributed by atoms with E-state index in [1.807, 2.05) is 26.0 Å². The molecule has 0 aliphatic rings. The molecule has 0 aliphatic carbocycles. The lowest BCUT2D eigenvalue weighted by molar-refractivity contribution is -0.154. The third-order valence-electron chi connectivity index (χ3n) is 3.41. The van der Waals surface area contributed by atoms with E-state index < -0.39 is 12.1 Å². The Labute approximate surface area is 131 Å². The quantitative estimate of drug-likeness (QED) is 0.620. The Morgan fingerprint density at radius 3 is 2.41 bits per heavy atom. The third-order valence-corrected chi connectivity index (χ3v) is 3.41. The Hall–Kier alpha value is -2.17. The molecule has 0 fully saturated rings. The van der Waals surface area contributed by atoms with Crippen LogP contribution in [0.2, 0.25) is 0 Å². The molecule has 5 nitrogen and oxygen atoms in total. The van der Waals surface area contributed by atoms with Gasteiger partial charge in [0.05, 0.1) is 6.42 Å². The molecule has 0 saturated heterocycles. The van der Waals surface area contributed by atoms with Crippen LogP contribution in [0.15, 0.2) is 18.2 Å². The average Bonchev–Trinajstić information content (AvgIpc) is 2.47. The van der Waals surface area contributed by atoms with Crippen LogP contribution in [0.25, 0.3) is 0 Å². The van der Waals surface area contributed by atoms with Gasteiger partial charge in [0, 0.05) is 18.5 Å². The summed E-state index contributed by atoms with van der Waals surface area (Å²) in [6.45, 7) is 7.69. The largest absolute Gasteiger partial charge is 0.453 e. The number of likely N-dealkylation sites (N-methyl/N-ethyl adjacent to an activating group) is 1. The minimum atomic E-state index is -0.843. The van der Waals surface area contributed by atoms with Crippen molar-refractivity contribution in [3.05, 3.63) is 34.9 Å². The summed E-state index contributed by atoms with van der Waals surface area (Å²) < 4.78 is 4.99. The number of hydrogen-bond donors (Lipinski definition) is 1. The molecule has 0 bridgehead atoms. The molecular weight excluding hydrogens is 282 g/mol. The van der Waals surface area contributed by atoms with Gasteiger partial charge in [-0.2, -0.15) is 0 Å². The molecule has 0 heterocycles. The molecular formula is C17H23NO4. The van der Waals surface area contributed by atoms with Crippen molar-refractivity contribution < 1.29 is 19.1 Å². The molecule has 1 rings (SSSR count). The maximum atomic E-state index is 12.0. The van der Waals surface area contributed by atoms with Gasteiger partial charge in [0.15, 0.2) is 11.9 Å². The molecule has 0 spiro atoms. The van der Waals surface area contributed by atoms with Crippen LogP contribution >= 0.6 is 0 Å². The number of carbonyl (C=O) groups excluding carboxylic acids is 3. The Balaban J connectivity index is 2.48. The van der Waals surface area contributed by atoms with Crippen molar-refractivity contribution in [1.82, 2.24) is 5.32 Å². The number of aryl methyl sites for hydroxylation is 2. The number of Topliss-reactive ketones (excluding diaryl/α,β-unsaturated/α-hetero) is 1. The van der Waals surface area contributed by atoms with Gasteiger partial charge in [-0.15, -0.1) is 0 Å². The van der Waals surface area contributed by atoms with E-state index in [9.17, 15) is 14.4 Å². The molecule has 5 heteroatoms. The van der Waals surface area contributed by atoms with E-state index in [-0.39, 0.29) is 24.5 Å². The summed E-state index contributed by atoms with van der Waals surface area (Å²) in [5, 5.41) is 2.57. The van der Waals surface area contributed by atoms with Gasteiger partial charge in [0.25, 0.3) is 5.91 Å². The monoisotopic (exact) mass is 305 g/mol. The van der Waals surface area contributed by atoms with Crippen LogP contribution in [-0.2, 0) is 14.3 Å². The van der Waals surface area contributed by atoms with Crippen molar-refractivity contribution in [2.75, 3.05) is 6.54 Å². The first kappa shape index (κ1) is 17.9. The standard InChI is InChI=1S/C17H23NO4/c1-5-18-17(21)13(4)22-16(20)9-8-15(19)14-7-6-11(2)12(3)10-14/h6-7,10,13H,5,8-9H2,1-4H3,(H,18,21)/t13-/m1/s1. The molecule has 0 aliphatic heterocycles. The van der Waals surface area contributed by atoms with E-state index in [4.69, 9.17) is 4.74 Å². The second kappa shape index (κ2) is 8.32. The first-order valence-corrected chi connectivity index (χ1v) is 7.42. The second-order valence-corrected chi connectivity index (χ2v) is 5.25. The highest BCUT2D eigenvalue weighted by atomic mass is 16.5. The van der Waals surface area contributed by atoms with Crippen LogP contribution in [0.5, 0.6) is 0 Å². The number of amides is 1. The number of ether oxygens (including phenoxy) is 1. The predicted molar refractivity (Wildman–Crippen MR) is 83.7 cm³/mol. The Kier molecular flexibility index (Phi) is 6.76. The average molecular weight is 305 g/mol. The van der Waals surface area contributed by atoms with E-state index >= 15 is 0 Å². The summed E-state index contributed by atoms with van der Waals surface area (Å²) in [6, 6.07) is 5.46. The summed E-state index contributed by atoms with van der Waals surface area (Å²) in [5.74, 6) is -0.988. The van der Waals surface area contributed by atoms with Crippen LogP contribution < -0.4 is 5.32 Å². The van der Waals surface area contributed by atoms with Gasteiger partial charge in [0.1, 0.15) is 0 Å². The van der Waals surface area contributed by atoms with Gasteiger partial charge in [-0.3, -0.25) is 14.4 Å². The van der Waals surface area contributed by atoms with Gasteiger partial charge in [-0.25, -0.2) is 0 Å². The number of nitrogens with one attached hydrogen (secondary N) is 1. The highest BCUT2D eigenvalue weighted by Gasteiger charge is 2.18. The molecule has 1 aromatic carbocycles. The molecule has 1 amide bonds. The van der Waals surface area contributed by atoms with Gasteiger partial charge in [-0.1, -0.05) is 12.1 Å². The fourth-order valence-electron chi connectivity index (χ4n) is 1.90. The Morgan fingerprint density at radius 1 is 1.14 bits per heavy atom. The highest BCUT2D eigenvalue weighted by Crippen LogP contribution is 2.12. The first-order chi connectivity index (χ1) is 10.3. The molecule has 1 N–H and O–H groups in total. The fraction of sp³-hybridized carbons (Fsp3) is 0.471. The Bertz CT molecular complexity index is 566. The lowest BCUT2D eigenvalue weighted by Gasteiger charge is -2.12. The summed E-state index contributed by atoms with van der Waals surface area (Å²) in [6.07, 6.45) is -0.803. The zero-order valence-electron chi connectivity index (χ0n) is 13.6. The number of ketones is 1. The molecule has 1 aromatic rings. The van der Waals surface area contributed by atoms with Crippen molar-refractivity contribution in [3.63, 3.8) is 0 Å². The van der Waals surface area contributed by atoms with Crippen LogP contribution in [0.1, 0.15) is 48.2 Å². The minimum absolute atomic E-state index is 0.0322. The summed E-state index contributed by atoms with van der Waals surface area (Å²) >= 11 is 0. The molecule has 0 radical (unpaired) electrons. The van der Waals surface area contributed by atoms with E-state index in [1.165, 1.54) is 6.92 Å². The third kappa shape index (κ3) is 5.31. The molecule has 22 heavy (non-hydrogen) atoms. The lowest BCUT2D eigenvalue weighted by atomic mass is 10.0. The zero-order chi connectivity index (χ0) is 16.7. The molecule has 120 valence electrons. The molecule has 1 atom stereocenters. The smallest absolute Gasteiger partial charge is 0.307 e. The lowest BCUT2D eigenvalue weighted by Crippen LogP contribution is -2.35. The van der Waals surface area contributed by atoms with Crippen molar-refractivity contribution in [1.29, 1.82) is 0 Å². The number of rotatable bonds is 7.